The molecule has 0 saturated heterocycles. The Balaban J connectivity index is 5.42. The summed E-state index contributed by atoms with van der Waals surface area (Å²) >= 11 is 0. The van der Waals surface area contributed by atoms with E-state index in [-0.39, 0.29) is 25.7 Å². The molecule has 0 aromatic rings. The molecule has 0 aromatic heterocycles. The van der Waals surface area contributed by atoms with Crippen LogP contribution in [0.2, 0.25) is 0 Å². The van der Waals surface area contributed by atoms with E-state index >= 15 is 0 Å². The average Bonchev–Trinajstić information content (AvgIpc) is 1.01. The Morgan fingerprint density at radius 2 is 0.520 bits per heavy atom. The van der Waals surface area contributed by atoms with E-state index in [2.05, 4.69) is 149 Å². The van der Waals surface area contributed by atoms with Crippen molar-refractivity contribution in [2.75, 3.05) is 39.6 Å². The molecule has 0 aromatic carbocycles. The molecule has 3 N–H and O–H groups in total. The summed E-state index contributed by atoms with van der Waals surface area (Å²) in [4.78, 5) is 72.9. The molecular weight excluding hydrogens is 1310 g/mol. The predicted molar refractivity (Wildman–Crippen MR) is 408 cm³/mol. The molecule has 0 heterocycles. The maximum Gasteiger partial charge on any atom is 0.472 e. The summed E-state index contributed by atoms with van der Waals surface area (Å²) in [5, 5.41) is 10.6. The number of carbonyl (C=O) groups excluding carboxylic acids is 4. The Kier molecular flexibility index (Phi) is 69.5. The zero-order valence-electron chi connectivity index (χ0n) is 62.6. The van der Waals surface area contributed by atoms with Gasteiger partial charge < -0.3 is 33.8 Å². The summed E-state index contributed by atoms with van der Waals surface area (Å²) in [6.07, 6.45) is 79.0. The number of esters is 4. The fourth-order valence-corrected chi connectivity index (χ4v) is 11.6. The third-order valence-electron chi connectivity index (χ3n) is 15.9. The molecule has 0 rings (SSSR count). The van der Waals surface area contributed by atoms with E-state index < -0.39 is 97.5 Å². The van der Waals surface area contributed by atoms with Crippen LogP contribution in [0.3, 0.4) is 0 Å². The van der Waals surface area contributed by atoms with Gasteiger partial charge in [-0.05, 0) is 154 Å². The smallest absolute Gasteiger partial charge is 0.462 e. The van der Waals surface area contributed by atoms with Gasteiger partial charge in [0.25, 0.3) is 0 Å². The zero-order valence-corrected chi connectivity index (χ0v) is 64.4. The van der Waals surface area contributed by atoms with Crippen molar-refractivity contribution in [3.8, 4) is 0 Å². The van der Waals surface area contributed by atoms with Gasteiger partial charge in [-0.2, -0.15) is 0 Å². The Bertz CT molecular complexity index is 2370. The summed E-state index contributed by atoms with van der Waals surface area (Å²) in [5.41, 5.74) is 0. The number of allylic oxidation sites excluding steroid dienone is 20. The molecule has 5 unspecified atom stereocenters. The van der Waals surface area contributed by atoms with Crippen LogP contribution >= 0.6 is 15.6 Å². The lowest BCUT2D eigenvalue weighted by molar-refractivity contribution is -0.161. The first-order chi connectivity index (χ1) is 48.7. The maximum absolute atomic E-state index is 13.1. The molecule has 5 atom stereocenters. The summed E-state index contributed by atoms with van der Waals surface area (Å²) in [6, 6.07) is 0. The molecule has 0 bridgehead atoms. The zero-order chi connectivity index (χ0) is 73.2. The minimum Gasteiger partial charge on any atom is -0.462 e. The standard InChI is InChI=1S/C81H138O17P2/c1-5-9-13-17-21-25-29-33-37-41-45-49-53-57-61-65-78(83)91-71-76(97-80(85)67-63-59-55-51-47-43-39-35-31-27-23-19-15-11-7-3)73-95-99(87,88)93-69-75(82)70-94-100(89,90)96-74-77(98-81(86)68-64-60-56-52-48-44-40-36-32-28-24-20-16-12-8-4)72-92-79(84)66-62-58-54-50-46-42-38-34-30-26-22-18-14-10-6-2/h9,11,13,15,21-23,25-27,33-40,45,49,75-77,82H,5-8,10,12,14,16-20,24,28-32,41-44,46-48,50-74H2,1-4H3,(H,87,88)(H,89,90)/b13-9-,15-11-,25-21-,26-22-,27-23-,37-33-,38-34-,39-35-,40-36-,49-45-. The fourth-order valence-electron chi connectivity index (χ4n) is 10.0. The van der Waals surface area contributed by atoms with E-state index in [4.69, 9.17) is 37.0 Å². The van der Waals surface area contributed by atoms with Crippen molar-refractivity contribution in [3.05, 3.63) is 122 Å². The van der Waals surface area contributed by atoms with Gasteiger partial charge in [0.15, 0.2) is 12.2 Å². The molecule has 0 aliphatic heterocycles. The first-order valence-electron chi connectivity index (χ1n) is 38.8. The highest BCUT2D eigenvalue weighted by atomic mass is 31.2. The highest BCUT2D eigenvalue weighted by molar-refractivity contribution is 7.47. The van der Waals surface area contributed by atoms with Crippen molar-refractivity contribution in [2.24, 2.45) is 0 Å². The van der Waals surface area contributed by atoms with Crippen LogP contribution in [-0.4, -0.2) is 96.7 Å². The van der Waals surface area contributed by atoms with Crippen molar-refractivity contribution in [2.45, 2.75) is 329 Å². The number of hydrogen-bond acceptors (Lipinski definition) is 15. The van der Waals surface area contributed by atoms with Crippen LogP contribution in [0.25, 0.3) is 0 Å². The van der Waals surface area contributed by atoms with Crippen molar-refractivity contribution >= 4 is 39.5 Å². The average molecular weight is 1450 g/mol. The van der Waals surface area contributed by atoms with E-state index in [0.717, 1.165) is 173 Å². The highest BCUT2D eigenvalue weighted by Crippen LogP contribution is 2.45. The Hall–Kier alpha value is -4.54. The Morgan fingerprint density at radius 3 is 0.850 bits per heavy atom. The van der Waals surface area contributed by atoms with Crippen LogP contribution in [0.15, 0.2) is 122 Å². The number of aliphatic hydroxyl groups is 1. The van der Waals surface area contributed by atoms with Gasteiger partial charge in [-0.25, -0.2) is 9.13 Å². The van der Waals surface area contributed by atoms with Gasteiger partial charge in [-0.3, -0.25) is 37.3 Å². The molecule has 0 aliphatic rings. The van der Waals surface area contributed by atoms with Gasteiger partial charge in [-0.1, -0.05) is 252 Å². The normalized spacial score (nSPS) is 14.6. The highest BCUT2D eigenvalue weighted by Gasteiger charge is 2.30. The number of aliphatic hydroxyl groups excluding tert-OH is 1. The van der Waals surface area contributed by atoms with E-state index in [1.165, 1.54) is 57.8 Å². The molecule has 0 radical (unpaired) electrons. The third-order valence-corrected chi connectivity index (χ3v) is 17.8. The number of ether oxygens (including phenoxy) is 4. The Labute approximate surface area is 606 Å². The van der Waals surface area contributed by atoms with Crippen LogP contribution in [0.5, 0.6) is 0 Å². The SMILES string of the molecule is CC/C=C\C/C=C\C/C=C\C/C=C\CCCCC(=O)OCC(COP(=O)(O)OCC(O)COP(=O)(O)OCC(COC(=O)CCCCCCC/C=C\C/C=C\CCCCC)OC(=O)CCCCCCC/C=C\CCCCCCCC)OC(=O)CCCCCCC/C=C\C/C=C\C/C=C\CC. The molecule has 0 amide bonds. The number of phosphoric ester groups is 2. The van der Waals surface area contributed by atoms with E-state index in [9.17, 15) is 43.2 Å². The van der Waals surface area contributed by atoms with Gasteiger partial charge in [0.2, 0.25) is 0 Å². The number of carbonyl (C=O) groups is 4. The topological polar surface area (TPSA) is 237 Å². The predicted octanol–water partition coefficient (Wildman–Crippen LogP) is 22.3. The second kappa shape index (κ2) is 72.8. The lowest BCUT2D eigenvalue weighted by Gasteiger charge is -2.21. The molecular formula is C81H138O17P2. The van der Waals surface area contributed by atoms with Gasteiger partial charge in [0.1, 0.15) is 19.3 Å². The first kappa shape index (κ1) is 95.5. The number of phosphoric acid groups is 2. The van der Waals surface area contributed by atoms with Gasteiger partial charge in [0, 0.05) is 25.7 Å². The maximum atomic E-state index is 13.1. The molecule has 0 saturated carbocycles. The van der Waals surface area contributed by atoms with Crippen molar-refractivity contribution in [3.63, 3.8) is 0 Å². The lowest BCUT2D eigenvalue weighted by Crippen LogP contribution is -2.30. The van der Waals surface area contributed by atoms with Gasteiger partial charge in [-0.15, -0.1) is 0 Å². The summed E-state index contributed by atoms with van der Waals surface area (Å²) < 4.78 is 68.5. The van der Waals surface area contributed by atoms with Crippen molar-refractivity contribution in [1.82, 2.24) is 0 Å². The van der Waals surface area contributed by atoms with Crippen LogP contribution in [-0.2, 0) is 65.4 Å². The van der Waals surface area contributed by atoms with Crippen LogP contribution in [0, 0.1) is 0 Å². The van der Waals surface area contributed by atoms with Gasteiger partial charge in [0.05, 0.1) is 26.4 Å². The number of rotatable bonds is 72. The molecule has 0 spiro atoms. The minimum absolute atomic E-state index is 0.0634. The number of hydrogen-bond donors (Lipinski definition) is 3. The monoisotopic (exact) mass is 1440 g/mol. The first-order valence-corrected chi connectivity index (χ1v) is 41.8. The molecule has 19 heteroatoms. The van der Waals surface area contributed by atoms with Crippen LogP contribution in [0.1, 0.15) is 310 Å². The second-order valence-corrected chi connectivity index (χ2v) is 28.4. The molecule has 17 nitrogen and oxygen atoms in total. The summed E-state index contributed by atoms with van der Waals surface area (Å²) in [5.74, 6) is -2.26. The molecule has 0 aliphatic carbocycles. The second-order valence-electron chi connectivity index (χ2n) is 25.5. The van der Waals surface area contributed by atoms with Crippen LogP contribution < -0.4 is 0 Å². The van der Waals surface area contributed by atoms with Crippen LogP contribution in [0.4, 0.5) is 0 Å². The van der Waals surface area contributed by atoms with Gasteiger partial charge >= 0.3 is 39.5 Å². The number of unbranched alkanes of at least 4 members (excludes halogenated alkanes) is 26. The third kappa shape index (κ3) is 71.8. The largest absolute Gasteiger partial charge is 0.472 e. The fraction of sp³-hybridized carbons (Fsp3) is 0.704. The summed E-state index contributed by atoms with van der Waals surface area (Å²) in [6.45, 7) is 4.53. The van der Waals surface area contributed by atoms with Crippen molar-refractivity contribution < 1.29 is 80.2 Å². The quantitative estimate of drug-likeness (QED) is 0.0169. The van der Waals surface area contributed by atoms with Crippen molar-refractivity contribution in [1.29, 1.82) is 0 Å². The molecule has 574 valence electrons. The van der Waals surface area contributed by atoms with E-state index in [1.54, 1.807) is 0 Å². The molecule has 0 fully saturated rings. The lowest BCUT2D eigenvalue weighted by atomic mass is 10.1. The summed E-state index contributed by atoms with van der Waals surface area (Å²) in [7, 11) is -9.98. The Morgan fingerprint density at radius 1 is 0.290 bits per heavy atom. The minimum atomic E-state index is -4.99. The molecule has 100 heavy (non-hydrogen) atoms. The van der Waals surface area contributed by atoms with E-state index in [1.807, 2.05) is 0 Å². The van der Waals surface area contributed by atoms with E-state index in [0.29, 0.717) is 25.7 Å².